The highest BCUT2D eigenvalue weighted by Crippen LogP contribution is 2.33. The number of benzene rings is 3. The lowest BCUT2D eigenvalue weighted by molar-refractivity contribution is -0.122. The fourth-order valence-electron chi connectivity index (χ4n) is 4.42. The van der Waals surface area contributed by atoms with E-state index in [2.05, 4.69) is 10.4 Å². The summed E-state index contributed by atoms with van der Waals surface area (Å²) in [6.07, 6.45) is 0.413. The number of para-hydroxylation sites is 2. The fourth-order valence-corrected chi connectivity index (χ4v) is 4.42. The van der Waals surface area contributed by atoms with Gasteiger partial charge in [-0.2, -0.15) is 5.10 Å². The zero-order chi connectivity index (χ0) is 29.6. The summed E-state index contributed by atoms with van der Waals surface area (Å²) in [7, 11) is 1.56. The summed E-state index contributed by atoms with van der Waals surface area (Å²) in [5, 5.41) is 7.41. The highest BCUT2D eigenvalue weighted by molar-refractivity contribution is 6.02. The van der Waals surface area contributed by atoms with E-state index in [4.69, 9.17) is 18.6 Å². The van der Waals surface area contributed by atoms with Gasteiger partial charge in [0.1, 0.15) is 16.9 Å². The quantitative estimate of drug-likeness (QED) is 0.216. The molecule has 5 aromatic rings. The van der Waals surface area contributed by atoms with Crippen molar-refractivity contribution < 1.29 is 28.2 Å². The number of ether oxygens (including phenoxy) is 3. The number of hydrogen-bond acceptors (Lipinski definition) is 8. The molecule has 10 heteroatoms. The Balaban J connectivity index is 1.54. The van der Waals surface area contributed by atoms with Crippen LogP contribution >= 0.6 is 0 Å². The third-order valence-electron chi connectivity index (χ3n) is 6.54. The van der Waals surface area contributed by atoms with Crippen LogP contribution in [0.25, 0.3) is 28.0 Å². The second-order valence-corrected chi connectivity index (χ2v) is 9.19. The van der Waals surface area contributed by atoms with Gasteiger partial charge in [-0.15, -0.1) is 0 Å². The molecule has 10 nitrogen and oxygen atoms in total. The molecular weight excluding hydrogens is 538 g/mol. The van der Waals surface area contributed by atoms with Crippen molar-refractivity contribution in [1.82, 2.24) is 9.78 Å². The van der Waals surface area contributed by atoms with Crippen molar-refractivity contribution in [2.24, 2.45) is 0 Å². The van der Waals surface area contributed by atoms with Crippen LogP contribution in [0.2, 0.25) is 0 Å². The van der Waals surface area contributed by atoms with E-state index in [1.165, 1.54) is 10.9 Å². The first-order valence-electron chi connectivity index (χ1n) is 13.4. The van der Waals surface area contributed by atoms with E-state index in [0.29, 0.717) is 28.0 Å². The van der Waals surface area contributed by atoms with Crippen molar-refractivity contribution in [2.45, 2.75) is 26.4 Å². The van der Waals surface area contributed by atoms with Gasteiger partial charge < -0.3 is 23.9 Å². The number of esters is 1. The first-order valence-corrected chi connectivity index (χ1v) is 13.4. The summed E-state index contributed by atoms with van der Waals surface area (Å²) < 4.78 is 24.2. The molecule has 42 heavy (non-hydrogen) atoms. The van der Waals surface area contributed by atoms with Gasteiger partial charge in [0.25, 0.3) is 5.91 Å². The van der Waals surface area contributed by atoms with Gasteiger partial charge in [-0.1, -0.05) is 37.3 Å². The van der Waals surface area contributed by atoms with E-state index in [-0.39, 0.29) is 35.9 Å². The normalized spacial score (nSPS) is 11.6. The van der Waals surface area contributed by atoms with Crippen LogP contribution in [0.5, 0.6) is 11.5 Å². The summed E-state index contributed by atoms with van der Waals surface area (Å²) >= 11 is 0. The lowest BCUT2D eigenvalue weighted by Gasteiger charge is -2.20. The number of aromatic nitrogens is 2. The molecule has 0 aliphatic rings. The number of fused-ring (bicyclic) bond motifs is 1. The third-order valence-corrected chi connectivity index (χ3v) is 6.54. The Hall–Kier alpha value is -5.38. The Morgan fingerprint density at radius 2 is 1.69 bits per heavy atom. The molecule has 0 bridgehead atoms. The largest absolute Gasteiger partial charge is 0.497 e. The average Bonchev–Trinajstić information content (AvgIpc) is 3.44. The Labute approximate surface area is 241 Å². The highest BCUT2D eigenvalue weighted by Gasteiger charge is 2.28. The second kappa shape index (κ2) is 12.4. The van der Waals surface area contributed by atoms with E-state index in [0.717, 1.165) is 0 Å². The van der Waals surface area contributed by atoms with Crippen LogP contribution in [0.3, 0.4) is 0 Å². The number of nitrogens with zero attached hydrogens (tertiary/aromatic N) is 2. The Morgan fingerprint density at radius 3 is 2.38 bits per heavy atom. The summed E-state index contributed by atoms with van der Waals surface area (Å²) in [4.78, 5) is 40.1. The van der Waals surface area contributed by atoms with Gasteiger partial charge in [0.05, 0.1) is 31.0 Å². The van der Waals surface area contributed by atoms with E-state index in [9.17, 15) is 14.4 Å². The molecule has 1 atom stereocenters. The summed E-state index contributed by atoms with van der Waals surface area (Å²) in [5.41, 5.74) is 1.22. The monoisotopic (exact) mass is 567 g/mol. The summed E-state index contributed by atoms with van der Waals surface area (Å²) in [5.74, 6) is -0.415. The van der Waals surface area contributed by atoms with E-state index < -0.39 is 23.4 Å². The van der Waals surface area contributed by atoms with Crippen LogP contribution in [0.1, 0.15) is 30.6 Å². The first kappa shape index (κ1) is 28.2. The lowest BCUT2D eigenvalue weighted by Crippen LogP contribution is -2.35. The van der Waals surface area contributed by atoms with Gasteiger partial charge in [0.2, 0.25) is 11.2 Å². The van der Waals surface area contributed by atoms with E-state index >= 15 is 0 Å². The molecule has 1 N–H and O–H groups in total. The number of amides is 1. The van der Waals surface area contributed by atoms with Crippen molar-refractivity contribution in [2.75, 3.05) is 19.0 Å². The molecule has 0 spiro atoms. The maximum atomic E-state index is 13.7. The molecule has 5 rings (SSSR count). The molecule has 3 aromatic carbocycles. The van der Waals surface area contributed by atoms with Gasteiger partial charge in [0.15, 0.2) is 17.7 Å². The number of carbonyl (C=O) groups excluding carboxylic acids is 2. The molecular formula is C32H29N3O7. The predicted molar refractivity (Wildman–Crippen MR) is 157 cm³/mol. The molecule has 0 saturated heterocycles. The number of methoxy groups -OCH3 is 1. The molecule has 0 saturated carbocycles. The molecule has 2 aromatic heterocycles. The lowest BCUT2D eigenvalue weighted by atomic mass is 10.1. The number of carbonyl (C=O) groups is 2. The van der Waals surface area contributed by atoms with Gasteiger partial charge in [-0.05, 0) is 61.9 Å². The number of anilines is 1. The van der Waals surface area contributed by atoms with Gasteiger partial charge in [0, 0.05) is 5.56 Å². The number of hydrogen-bond donors (Lipinski definition) is 1. The van der Waals surface area contributed by atoms with Gasteiger partial charge in [-0.3, -0.25) is 9.59 Å². The predicted octanol–water partition coefficient (Wildman–Crippen LogP) is 5.63. The average molecular weight is 568 g/mol. The van der Waals surface area contributed by atoms with Crippen LogP contribution in [-0.2, 0) is 9.53 Å². The molecule has 0 fully saturated rings. The summed E-state index contributed by atoms with van der Waals surface area (Å²) in [6, 6.07) is 22.8. The maximum absolute atomic E-state index is 13.7. The Morgan fingerprint density at radius 1 is 0.976 bits per heavy atom. The minimum Gasteiger partial charge on any atom is -0.497 e. The molecule has 214 valence electrons. The van der Waals surface area contributed by atoms with Crippen LogP contribution in [-0.4, -0.2) is 41.5 Å². The smallest absolute Gasteiger partial charge is 0.343 e. The fraction of sp³-hybridized carbons (Fsp3) is 0.188. The Bertz CT molecular complexity index is 1780. The third kappa shape index (κ3) is 5.60. The van der Waals surface area contributed by atoms with E-state index in [1.807, 2.05) is 18.2 Å². The summed E-state index contributed by atoms with van der Waals surface area (Å²) in [6.45, 7) is 3.59. The first-order chi connectivity index (χ1) is 20.4. The minimum atomic E-state index is -1.12. The number of rotatable bonds is 10. The second-order valence-electron chi connectivity index (χ2n) is 9.19. The Kier molecular flexibility index (Phi) is 8.33. The van der Waals surface area contributed by atoms with Crippen molar-refractivity contribution in [3.05, 3.63) is 101 Å². The topological polar surface area (TPSA) is 122 Å². The van der Waals surface area contributed by atoms with Crippen LogP contribution in [0.15, 0.2) is 94.3 Å². The minimum absolute atomic E-state index is 0.0769. The molecule has 0 aliphatic heterocycles. The van der Waals surface area contributed by atoms with Crippen molar-refractivity contribution in [3.8, 4) is 28.5 Å². The van der Waals surface area contributed by atoms with E-state index in [1.54, 1.807) is 81.6 Å². The molecule has 1 amide bonds. The molecule has 0 aliphatic carbocycles. The van der Waals surface area contributed by atoms with Gasteiger partial charge in [-0.25, -0.2) is 9.48 Å². The maximum Gasteiger partial charge on any atom is 0.343 e. The molecule has 0 radical (unpaired) electrons. The van der Waals surface area contributed by atoms with Crippen molar-refractivity contribution in [1.29, 1.82) is 0 Å². The molecule has 2 heterocycles. The van der Waals surface area contributed by atoms with Crippen LogP contribution < -0.4 is 20.2 Å². The van der Waals surface area contributed by atoms with Crippen LogP contribution in [0, 0.1) is 0 Å². The van der Waals surface area contributed by atoms with Crippen molar-refractivity contribution >= 4 is 28.7 Å². The van der Waals surface area contributed by atoms with Crippen molar-refractivity contribution in [3.63, 3.8) is 0 Å². The zero-order valence-electron chi connectivity index (χ0n) is 23.3. The standard InChI is InChI=1S/C32H29N3O7/c1-4-25(31(37)34-30-24(32(38)40-5-2)19-33-35(30)21-11-7-6-8-12-21)41-29-27(36)23-13-9-10-14-26(23)42-28(29)20-15-17-22(39-3)18-16-20/h6-19,25H,4-5H2,1-3H3,(H,34,37). The molecule has 1 unspecified atom stereocenters. The SMILES string of the molecule is CCOC(=O)c1cnn(-c2ccccc2)c1NC(=O)C(CC)Oc1c(-c2ccc(OC)cc2)oc2ccccc2c1=O. The van der Waals surface area contributed by atoms with Crippen LogP contribution in [0.4, 0.5) is 5.82 Å². The number of nitrogens with one attached hydrogen (secondary N) is 1. The zero-order valence-corrected chi connectivity index (χ0v) is 23.3. The highest BCUT2D eigenvalue weighted by atomic mass is 16.5. The van der Waals surface area contributed by atoms with Gasteiger partial charge >= 0.3 is 5.97 Å².